The zero-order chi connectivity index (χ0) is 15.5. The highest BCUT2D eigenvalue weighted by Gasteiger charge is 2.24. The zero-order valence-corrected chi connectivity index (χ0v) is 13.3. The molecule has 3 rings (SSSR count). The lowest BCUT2D eigenvalue weighted by Crippen LogP contribution is -2.34. The average Bonchev–Trinajstić information content (AvgIpc) is 2.98. The summed E-state index contributed by atoms with van der Waals surface area (Å²) in [5.74, 6) is 1.57. The molecule has 4 heteroatoms. The number of hydrogen-bond acceptors (Lipinski definition) is 3. The molecule has 1 N–H and O–H groups in total. The second-order valence-electron chi connectivity index (χ2n) is 6.26. The van der Waals surface area contributed by atoms with Gasteiger partial charge in [0, 0.05) is 18.9 Å². The van der Waals surface area contributed by atoms with Crippen LogP contribution in [0.15, 0.2) is 34.7 Å². The maximum Gasteiger partial charge on any atom is 0.223 e. The minimum atomic E-state index is -0.0402. The number of benzene rings is 1. The van der Waals surface area contributed by atoms with Crippen molar-refractivity contribution in [2.75, 3.05) is 20.1 Å². The molecule has 1 amide bonds. The summed E-state index contributed by atoms with van der Waals surface area (Å²) >= 11 is 0. The van der Waals surface area contributed by atoms with E-state index in [-0.39, 0.29) is 11.9 Å². The Labute approximate surface area is 131 Å². The molecule has 1 fully saturated rings. The fourth-order valence-electron chi connectivity index (χ4n) is 3.09. The Bertz CT molecular complexity index is 610. The average molecular weight is 300 g/mol. The normalized spacial score (nSPS) is 17.5. The molecule has 1 aliphatic heterocycles. The Morgan fingerprint density at radius 1 is 1.36 bits per heavy atom. The van der Waals surface area contributed by atoms with Gasteiger partial charge in [-0.05, 0) is 50.9 Å². The van der Waals surface area contributed by atoms with E-state index in [0.29, 0.717) is 12.3 Å². The van der Waals surface area contributed by atoms with Crippen molar-refractivity contribution in [3.05, 3.63) is 36.1 Å². The lowest BCUT2D eigenvalue weighted by molar-refractivity contribution is -0.133. The summed E-state index contributed by atoms with van der Waals surface area (Å²) in [6, 6.07) is 9.95. The number of piperidine rings is 1. The molecular weight excluding hydrogens is 276 g/mol. The first kappa shape index (κ1) is 15.1. The van der Waals surface area contributed by atoms with Gasteiger partial charge in [-0.2, -0.15) is 0 Å². The van der Waals surface area contributed by atoms with Gasteiger partial charge in [0.25, 0.3) is 0 Å². The van der Waals surface area contributed by atoms with Gasteiger partial charge in [-0.1, -0.05) is 18.2 Å². The van der Waals surface area contributed by atoms with Crippen LogP contribution >= 0.6 is 0 Å². The first-order chi connectivity index (χ1) is 10.6. The highest BCUT2D eigenvalue weighted by Crippen LogP contribution is 2.28. The Morgan fingerprint density at radius 3 is 2.82 bits per heavy atom. The lowest BCUT2D eigenvalue weighted by Gasteiger charge is -2.27. The fraction of sp³-hybridized carbons (Fsp3) is 0.500. The molecule has 2 aromatic rings. The van der Waals surface area contributed by atoms with Crippen LogP contribution in [0.25, 0.3) is 11.0 Å². The van der Waals surface area contributed by atoms with Crippen LogP contribution in [0.4, 0.5) is 0 Å². The summed E-state index contributed by atoms with van der Waals surface area (Å²) in [5.41, 5.74) is 0.878. The number of carbonyl (C=O) groups is 1. The maximum absolute atomic E-state index is 12.5. The summed E-state index contributed by atoms with van der Waals surface area (Å²) < 4.78 is 5.89. The van der Waals surface area contributed by atoms with Gasteiger partial charge in [0.1, 0.15) is 11.3 Å². The molecule has 118 valence electrons. The van der Waals surface area contributed by atoms with Gasteiger partial charge in [-0.3, -0.25) is 4.79 Å². The Morgan fingerprint density at radius 2 is 2.09 bits per heavy atom. The van der Waals surface area contributed by atoms with Crippen molar-refractivity contribution in [2.24, 2.45) is 5.92 Å². The number of rotatable bonds is 4. The van der Waals surface area contributed by atoms with Crippen molar-refractivity contribution in [1.82, 2.24) is 10.2 Å². The number of nitrogens with zero attached hydrogens (tertiary/aromatic N) is 1. The van der Waals surface area contributed by atoms with Crippen molar-refractivity contribution < 1.29 is 9.21 Å². The van der Waals surface area contributed by atoms with Crippen LogP contribution in [0.1, 0.15) is 38.0 Å². The molecule has 0 spiro atoms. The second-order valence-corrected chi connectivity index (χ2v) is 6.26. The van der Waals surface area contributed by atoms with Gasteiger partial charge in [-0.15, -0.1) is 0 Å². The maximum atomic E-state index is 12.5. The third-order valence-electron chi connectivity index (χ3n) is 4.75. The molecule has 1 aliphatic rings. The molecule has 1 saturated heterocycles. The molecule has 1 aromatic carbocycles. The van der Waals surface area contributed by atoms with Crippen LogP contribution in [0.2, 0.25) is 0 Å². The van der Waals surface area contributed by atoms with E-state index in [0.717, 1.165) is 42.7 Å². The number of para-hydroxylation sites is 1. The second kappa shape index (κ2) is 6.53. The Kier molecular flexibility index (Phi) is 4.48. The van der Waals surface area contributed by atoms with Crippen molar-refractivity contribution in [2.45, 2.75) is 32.2 Å². The van der Waals surface area contributed by atoms with Crippen LogP contribution in [-0.2, 0) is 4.79 Å². The molecular formula is C18H24N2O2. The number of furan rings is 1. The van der Waals surface area contributed by atoms with Crippen LogP contribution in [0, 0.1) is 5.92 Å². The predicted molar refractivity (Wildman–Crippen MR) is 87.6 cm³/mol. The third kappa shape index (κ3) is 3.17. The van der Waals surface area contributed by atoms with Crippen LogP contribution in [-0.4, -0.2) is 30.9 Å². The van der Waals surface area contributed by atoms with Gasteiger partial charge in [0.05, 0.1) is 6.04 Å². The highest BCUT2D eigenvalue weighted by molar-refractivity contribution is 5.79. The summed E-state index contributed by atoms with van der Waals surface area (Å²) in [4.78, 5) is 14.3. The Hall–Kier alpha value is -1.81. The minimum Gasteiger partial charge on any atom is -0.459 e. The van der Waals surface area contributed by atoms with Gasteiger partial charge >= 0.3 is 0 Å². The molecule has 1 aromatic heterocycles. The topological polar surface area (TPSA) is 45.5 Å². The van der Waals surface area contributed by atoms with Crippen molar-refractivity contribution in [3.8, 4) is 0 Å². The van der Waals surface area contributed by atoms with Crippen molar-refractivity contribution in [3.63, 3.8) is 0 Å². The van der Waals surface area contributed by atoms with Crippen LogP contribution < -0.4 is 5.32 Å². The highest BCUT2D eigenvalue weighted by atomic mass is 16.3. The number of nitrogens with one attached hydrogen (secondary N) is 1. The molecule has 2 heterocycles. The SMILES string of the molecule is CC(c1cc2ccccc2o1)N(C)C(=O)CC1CCNCC1. The molecule has 0 bridgehead atoms. The van der Waals surface area contributed by atoms with Gasteiger partial charge in [0.2, 0.25) is 5.91 Å². The van der Waals surface area contributed by atoms with E-state index in [1.807, 2.05) is 49.2 Å². The first-order valence-corrected chi connectivity index (χ1v) is 8.10. The zero-order valence-electron chi connectivity index (χ0n) is 13.3. The minimum absolute atomic E-state index is 0.0402. The van der Waals surface area contributed by atoms with E-state index in [1.165, 1.54) is 0 Å². The molecule has 1 atom stereocenters. The van der Waals surface area contributed by atoms with E-state index in [9.17, 15) is 4.79 Å². The number of fused-ring (bicyclic) bond motifs is 1. The number of hydrogen-bond donors (Lipinski definition) is 1. The van der Waals surface area contributed by atoms with E-state index in [4.69, 9.17) is 4.42 Å². The smallest absolute Gasteiger partial charge is 0.223 e. The monoisotopic (exact) mass is 300 g/mol. The molecule has 1 unspecified atom stereocenters. The van der Waals surface area contributed by atoms with Gasteiger partial charge in [0.15, 0.2) is 0 Å². The number of amides is 1. The molecule has 22 heavy (non-hydrogen) atoms. The Balaban J connectivity index is 1.67. The van der Waals surface area contributed by atoms with E-state index < -0.39 is 0 Å². The molecule has 0 radical (unpaired) electrons. The van der Waals surface area contributed by atoms with Gasteiger partial charge in [-0.25, -0.2) is 0 Å². The molecule has 4 nitrogen and oxygen atoms in total. The van der Waals surface area contributed by atoms with Crippen LogP contribution in [0.3, 0.4) is 0 Å². The summed E-state index contributed by atoms with van der Waals surface area (Å²) in [5, 5.41) is 4.43. The summed E-state index contributed by atoms with van der Waals surface area (Å²) in [7, 11) is 1.88. The quantitative estimate of drug-likeness (QED) is 0.942. The first-order valence-electron chi connectivity index (χ1n) is 8.10. The largest absolute Gasteiger partial charge is 0.459 e. The summed E-state index contributed by atoms with van der Waals surface area (Å²) in [6.07, 6.45) is 2.83. The predicted octanol–water partition coefficient (Wildman–Crippen LogP) is 3.34. The van der Waals surface area contributed by atoms with E-state index >= 15 is 0 Å². The summed E-state index contributed by atoms with van der Waals surface area (Å²) in [6.45, 7) is 4.08. The molecule has 0 saturated carbocycles. The third-order valence-corrected chi connectivity index (χ3v) is 4.75. The van der Waals surface area contributed by atoms with Gasteiger partial charge < -0.3 is 14.6 Å². The molecule has 0 aliphatic carbocycles. The van der Waals surface area contributed by atoms with E-state index in [2.05, 4.69) is 5.32 Å². The van der Waals surface area contributed by atoms with Crippen molar-refractivity contribution >= 4 is 16.9 Å². The van der Waals surface area contributed by atoms with Crippen molar-refractivity contribution in [1.29, 1.82) is 0 Å². The number of carbonyl (C=O) groups excluding carboxylic acids is 1. The fourth-order valence-corrected chi connectivity index (χ4v) is 3.09. The van der Waals surface area contributed by atoms with E-state index in [1.54, 1.807) is 0 Å². The lowest BCUT2D eigenvalue weighted by atomic mass is 9.94. The van der Waals surface area contributed by atoms with Crippen LogP contribution in [0.5, 0.6) is 0 Å². The standard InChI is InChI=1S/C18H24N2O2/c1-13(17-12-15-5-3-4-6-16(15)22-17)20(2)18(21)11-14-7-9-19-10-8-14/h3-6,12-14,19H,7-11H2,1-2H3.